The molecule has 0 N–H and O–H groups in total. The Hall–Kier alpha value is -2.83. The summed E-state index contributed by atoms with van der Waals surface area (Å²) in [6, 6.07) is 14.0. The molecule has 2 aromatic carbocycles. The third-order valence-electron chi connectivity index (χ3n) is 5.54. The van der Waals surface area contributed by atoms with Crippen LogP contribution in [-0.4, -0.2) is 17.4 Å². The van der Waals surface area contributed by atoms with Gasteiger partial charge in [0.1, 0.15) is 14.2 Å². The Morgan fingerprint density at radius 3 is 2.73 bits per heavy atom. The molecule has 5 rings (SSSR count). The molecule has 0 bridgehead atoms. The van der Waals surface area contributed by atoms with Gasteiger partial charge in [-0.1, -0.05) is 48.2 Å². The number of benzene rings is 2. The average Bonchev–Trinajstić information content (AvgIpc) is 3.35. The number of anilines is 1. The SMILES string of the molecule is C=CCn1c(=O)/c(=C2/Sc3cc(C)ccc3N2C)s/c1=C1/Cc2ccccc2C1=O. The molecule has 2 heterocycles. The van der Waals surface area contributed by atoms with Crippen LogP contribution in [0, 0.1) is 6.92 Å². The summed E-state index contributed by atoms with van der Waals surface area (Å²) in [4.78, 5) is 29.7. The van der Waals surface area contributed by atoms with Gasteiger partial charge in [-0.2, -0.15) is 0 Å². The first-order valence-electron chi connectivity index (χ1n) is 9.72. The summed E-state index contributed by atoms with van der Waals surface area (Å²) in [5, 5.41) is 0.915. The fourth-order valence-electron chi connectivity index (χ4n) is 4.03. The number of nitrogens with zero attached hydrogens (tertiary/aromatic N) is 2. The lowest BCUT2D eigenvalue weighted by molar-refractivity contribution is 0.105. The summed E-state index contributed by atoms with van der Waals surface area (Å²) >= 11 is 3.03. The Balaban J connectivity index is 1.77. The van der Waals surface area contributed by atoms with Gasteiger partial charge in [0.25, 0.3) is 5.56 Å². The van der Waals surface area contributed by atoms with Crippen LogP contribution in [0.2, 0.25) is 0 Å². The van der Waals surface area contributed by atoms with Crippen LogP contribution in [0.4, 0.5) is 5.69 Å². The van der Waals surface area contributed by atoms with E-state index in [0.717, 1.165) is 31.4 Å². The molecule has 2 aliphatic rings. The zero-order valence-electron chi connectivity index (χ0n) is 16.8. The highest BCUT2D eigenvalue weighted by atomic mass is 32.2. The first-order chi connectivity index (χ1) is 14.5. The number of aromatic nitrogens is 1. The fraction of sp³-hybridized carbons (Fsp3) is 0.167. The van der Waals surface area contributed by atoms with Crippen molar-refractivity contribution >= 4 is 45.2 Å². The molecule has 4 nitrogen and oxygen atoms in total. The van der Waals surface area contributed by atoms with Gasteiger partial charge in [0.2, 0.25) is 0 Å². The summed E-state index contributed by atoms with van der Waals surface area (Å²) < 4.78 is 3.11. The molecule has 1 aromatic heterocycles. The molecule has 0 radical (unpaired) electrons. The smallest absolute Gasteiger partial charge is 0.272 e. The topological polar surface area (TPSA) is 42.3 Å². The van der Waals surface area contributed by atoms with Gasteiger partial charge in [-0.05, 0) is 30.2 Å². The second-order valence-electron chi connectivity index (χ2n) is 7.52. The number of aryl methyl sites for hydroxylation is 1. The summed E-state index contributed by atoms with van der Waals surface area (Å²) in [7, 11) is 1.99. The van der Waals surface area contributed by atoms with Crippen LogP contribution in [0.5, 0.6) is 0 Å². The predicted molar refractivity (Wildman–Crippen MR) is 125 cm³/mol. The molecule has 0 fully saturated rings. The molecule has 0 saturated carbocycles. The van der Waals surface area contributed by atoms with Crippen LogP contribution >= 0.6 is 23.1 Å². The van der Waals surface area contributed by atoms with E-state index in [1.165, 1.54) is 16.9 Å². The van der Waals surface area contributed by atoms with E-state index >= 15 is 0 Å². The highest BCUT2D eigenvalue weighted by molar-refractivity contribution is 8.08. The summed E-state index contributed by atoms with van der Waals surface area (Å²) in [6.45, 7) is 6.26. The zero-order valence-corrected chi connectivity index (χ0v) is 18.4. The Morgan fingerprint density at radius 1 is 1.17 bits per heavy atom. The lowest BCUT2D eigenvalue weighted by Gasteiger charge is -2.12. The average molecular weight is 433 g/mol. The van der Waals surface area contributed by atoms with E-state index in [-0.39, 0.29) is 11.3 Å². The highest BCUT2D eigenvalue weighted by Gasteiger charge is 2.28. The van der Waals surface area contributed by atoms with Gasteiger partial charge in [-0.3, -0.25) is 14.2 Å². The Labute approximate surface area is 182 Å². The molecule has 6 heteroatoms. The molecular formula is C24H20N2O2S2. The van der Waals surface area contributed by atoms with E-state index in [4.69, 9.17) is 0 Å². The number of thioether (sulfide) groups is 1. The zero-order chi connectivity index (χ0) is 21.0. The maximum Gasteiger partial charge on any atom is 0.272 e. The van der Waals surface area contributed by atoms with Gasteiger partial charge in [0.05, 0.1) is 5.69 Å². The van der Waals surface area contributed by atoms with Gasteiger partial charge < -0.3 is 4.90 Å². The Morgan fingerprint density at radius 2 is 1.97 bits per heavy atom. The van der Waals surface area contributed by atoms with E-state index in [0.29, 0.717) is 23.1 Å². The number of hydrogen-bond donors (Lipinski definition) is 0. The minimum absolute atomic E-state index is 0.0209. The van der Waals surface area contributed by atoms with Crippen molar-refractivity contribution in [2.24, 2.45) is 0 Å². The number of carbonyl (C=O) groups excluding carboxylic acids is 1. The minimum atomic E-state index is -0.0648. The number of rotatable bonds is 2. The van der Waals surface area contributed by atoms with Crippen LogP contribution in [0.1, 0.15) is 21.5 Å². The van der Waals surface area contributed by atoms with Crippen molar-refractivity contribution in [2.45, 2.75) is 24.8 Å². The summed E-state index contributed by atoms with van der Waals surface area (Å²) in [5.41, 5.74) is 4.69. The van der Waals surface area contributed by atoms with Crippen molar-refractivity contribution in [3.63, 3.8) is 0 Å². The third kappa shape index (κ3) is 2.82. The first kappa shape index (κ1) is 19.2. The normalized spacial score (nSPS) is 18.6. The molecule has 0 unspecified atom stereocenters. The molecule has 0 amide bonds. The fourth-order valence-corrected chi connectivity index (χ4v) is 6.63. The Kier molecular flexibility index (Phi) is 4.56. The van der Waals surface area contributed by atoms with Crippen LogP contribution in [0.25, 0.3) is 10.6 Å². The predicted octanol–water partition coefficient (Wildman–Crippen LogP) is 3.30. The van der Waals surface area contributed by atoms with Crippen LogP contribution in [0.3, 0.4) is 0 Å². The van der Waals surface area contributed by atoms with Crippen LogP contribution < -0.4 is 19.7 Å². The van der Waals surface area contributed by atoms with E-state index in [1.54, 1.807) is 22.4 Å². The van der Waals surface area contributed by atoms with Crippen molar-refractivity contribution < 1.29 is 4.79 Å². The molecule has 0 atom stereocenters. The van der Waals surface area contributed by atoms with E-state index in [2.05, 4.69) is 36.6 Å². The van der Waals surface area contributed by atoms with E-state index in [1.807, 2.05) is 31.3 Å². The van der Waals surface area contributed by atoms with Gasteiger partial charge in [-0.25, -0.2) is 0 Å². The quantitative estimate of drug-likeness (QED) is 0.583. The van der Waals surface area contributed by atoms with Crippen molar-refractivity contribution in [1.29, 1.82) is 0 Å². The summed E-state index contributed by atoms with van der Waals surface area (Å²) in [5.74, 6) is 0.0209. The Bertz CT molecular complexity index is 1410. The maximum atomic E-state index is 13.4. The van der Waals surface area contributed by atoms with Gasteiger partial charge in [-0.15, -0.1) is 17.9 Å². The minimum Gasteiger partial charge on any atom is -0.337 e. The summed E-state index contributed by atoms with van der Waals surface area (Å²) in [6.07, 6.45) is 2.27. The largest absolute Gasteiger partial charge is 0.337 e. The van der Waals surface area contributed by atoms with Gasteiger partial charge >= 0.3 is 0 Å². The number of carbonyl (C=O) groups is 1. The molecule has 1 aliphatic heterocycles. The van der Waals surface area contributed by atoms with Crippen molar-refractivity contribution in [1.82, 2.24) is 4.57 Å². The molecule has 1 aliphatic carbocycles. The third-order valence-corrected chi connectivity index (χ3v) is 8.12. The molecular weight excluding hydrogens is 412 g/mol. The van der Waals surface area contributed by atoms with Crippen molar-refractivity contribution in [3.8, 4) is 0 Å². The second-order valence-corrected chi connectivity index (χ2v) is 9.55. The lowest BCUT2D eigenvalue weighted by Crippen LogP contribution is -2.34. The molecule has 150 valence electrons. The van der Waals surface area contributed by atoms with E-state index in [9.17, 15) is 9.59 Å². The molecule has 0 spiro atoms. The second kappa shape index (κ2) is 7.15. The van der Waals surface area contributed by atoms with Gasteiger partial charge in [0, 0.05) is 36.0 Å². The van der Waals surface area contributed by atoms with Crippen LogP contribution in [0.15, 0.2) is 64.8 Å². The van der Waals surface area contributed by atoms with E-state index < -0.39 is 0 Å². The maximum absolute atomic E-state index is 13.4. The number of ketones is 1. The molecule has 3 aromatic rings. The molecule has 30 heavy (non-hydrogen) atoms. The standard InChI is InChI=1S/C24H20N2O2S2/c1-4-11-26-22(28)21(24-25(3)18-10-9-14(2)12-19(18)29-24)30-23(26)17-13-15-7-5-6-8-16(15)20(17)27/h4-10,12H,1,11,13H2,2-3H3/b23-17-,24-21-. The number of thiazole rings is 1. The lowest BCUT2D eigenvalue weighted by atomic mass is 10.1. The first-order valence-corrected chi connectivity index (χ1v) is 11.4. The number of hydrogen-bond acceptors (Lipinski definition) is 5. The highest BCUT2D eigenvalue weighted by Crippen LogP contribution is 2.45. The van der Waals surface area contributed by atoms with Crippen LogP contribution in [-0.2, 0) is 13.0 Å². The van der Waals surface area contributed by atoms with Gasteiger partial charge in [0.15, 0.2) is 5.78 Å². The number of fused-ring (bicyclic) bond motifs is 2. The number of allylic oxidation sites excluding steroid dienone is 1. The molecule has 0 saturated heterocycles. The monoisotopic (exact) mass is 432 g/mol. The van der Waals surface area contributed by atoms with Crippen molar-refractivity contribution in [2.75, 3.05) is 11.9 Å². The van der Waals surface area contributed by atoms with Crippen molar-refractivity contribution in [3.05, 3.63) is 91.4 Å². The number of Topliss-reactive ketones (excluding diaryl/α,β-unsaturated/α-hetero) is 1.